The van der Waals surface area contributed by atoms with Crippen LogP contribution in [-0.4, -0.2) is 53.0 Å². The minimum absolute atomic E-state index is 0.0209. The van der Waals surface area contributed by atoms with Crippen LogP contribution in [0.3, 0.4) is 0 Å². The molecule has 8 bridgehead atoms. The Labute approximate surface area is 342 Å². The van der Waals surface area contributed by atoms with Gasteiger partial charge in [-0.1, -0.05) is 33.8 Å². The Morgan fingerprint density at radius 3 is 1.47 bits per heavy atom. The zero-order valence-electron chi connectivity index (χ0n) is 33.4. The number of imide groups is 4. The fourth-order valence-corrected chi connectivity index (χ4v) is 10.4. The summed E-state index contributed by atoms with van der Waals surface area (Å²) in [5, 5.41) is 0. The van der Waals surface area contributed by atoms with E-state index in [-0.39, 0.29) is 79.2 Å². The number of amides is 8. The van der Waals surface area contributed by atoms with Crippen LogP contribution < -0.4 is 19.6 Å². The number of nitrogens with zero attached hydrogens (tertiary/aromatic N) is 4. The lowest BCUT2D eigenvalue weighted by molar-refractivity contribution is -0.121. The van der Waals surface area contributed by atoms with Crippen molar-refractivity contribution in [2.75, 3.05) is 19.6 Å². The van der Waals surface area contributed by atoms with Crippen LogP contribution in [0.4, 0.5) is 22.7 Å². The molecular formula is C47H34N4O9. The maximum absolute atomic E-state index is 15.7. The van der Waals surface area contributed by atoms with E-state index in [1.807, 2.05) is 27.7 Å². The van der Waals surface area contributed by atoms with Crippen molar-refractivity contribution in [2.45, 2.75) is 67.2 Å². The first-order valence-electron chi connectivity index (χ1n) is 19.9. The molecular weight excluding hydrogens is 765 g/mol. The first-order valence-corrected chi connectivity index (χ1v) is 19.9. The smallest absolute Gasteiger partial charge is 0.266 e. The van der Waals surface area contributed by atoms with Crippen LogP contribution in [0.25, 0.3) is 22.3 Å². The molecule has 5 aliphatic heterocycles. The average molecular weight is 799 g/mol. The second-order valence-electron chi connectivity index (χ2n) is 15.5. The van der Waals surface area contributed by atoms with E-state index < -0.39 is 53.0 Å². The summed E-state index contributed by atoms with van der Waals surface area (Å²) < 4.78 is 0. The summed E-state index contributed by atoms with van der Waals surface area (Å²) in [6, 6.07) is 5.66. The number of fused-ring (bicyclic) bond motifs is 8. The predicted octanol–water partition coefficient (Wildman–Crippen LogP) is 6.20. The molecule has 0 atom stereocenters. The number of hydrogen-bond donors (Lipinski definition) is 0. The maximum atomic E-state index is 15.7. The van der Waals surface area contributed by atoms with Crippen molar-refractivity contribution in [3.05, 3.63) is 115 Å². The van der Waals surface area contributed by atoms with Crippen molar-refractivity contribution in [1.82, 2.24) is 0 Å². The Morgan fingerprint density at radius 2 is 0.883 bits per heavy atom. The Balaban J connectivity index is 1.41. The molecule has 5 heterocycles. The highest BCUT2D eigenvalue weighted by Crippen LogP contribution is 2.59. The van der Waals surface area contributed by atoms with Crippen molar-refractivity contribution in [1.29, 1.82) is 0 Å². The van der Waals surface area contributed by atoms with E-state index in [1.165, 1.54) is 24.3 Å². The van der Waals surface area contributed by atoms with Gasteiger partial charge in [-0.05, 0) is 102 Å². The molecule has 0 aromatic heterocycles. The third-order valence-electron chi connectivity index (χ3n) is 12.9. The van der Waals surface area contributed by atoms with Gasteiger partial charge in [0.1, 0.15) is 5.69 Å². The number of rotatable bonds is 6. The SMILES string of the molecule is CCc1c(C)c2c(c(N3C(=O)C=CC3=O)c1CC)-c1c3c4cc-2c1C(=O)c1ccc2c(c1)C(=O)N(C2=O)c1c(C)c(CC)c(CC)c(N2C(=O)C=CC2=O)c1N(C4=O)C3=O. The standard InChI is InChI=1S/C47H34N4O9/c1-7-22-19(5)34-28-18-29-36-37(38(34)40(24(22)9-3)48-30(52)13-14-31(48)53)35(28)43(56)21-11-12-26-27(17-21)45(58)50(44(26)57)39-20(6)23(8-2)25(10-4)41(49-32(54)15-16-33(49)55)42(39)51(46(29)59)47(36)60/h11-18H,7-10H2,1-6H3. The van der Waals surface area contributed by atoms with Gasteiger partial charge in [0.2, 0.25) is 0 Å². The van der Waals surface area contributed by atoms with Gasteiger partial charge in [-0.2, -0.15) is 0 Å². The van der Waals surface area contributed by atoms with Crippen LogP contribution in [0.15, 0.2) is 48.6 Å². The van der Waals surface area contributed by atoms with E-state index in [4.69, 9.17) is 0 Å². The van der Waals surface area contributed by atoms with E-state index in [9.17, 15) is 28.8 Å². The van der Waals surface area contributed by atoms with Gasteiger partial charge in [0.15, 0.2) is 5.78 Å². The second kappa shape index (κ2) is 12.3. The molecule has 4 aromatic rings. The quantitative estimate of drug-likeness (QED) is 0.182. The summed E-state index contributed by atoms with van der Waals surface area (Å²) in [6.45, 7) is 11.0. The van der Waals surface area contributed by atoms with Crippen LogP contribution in [0.1, 0.15) is 118 Å². The summed E-state index contributed by atoms with van der Waals surface area (Å²) in [5.74, 6) is -6.83. The first kappa shape index (κ1) is 36.9. The third kappa shape index (κ3) is 4.23. The molecule has 13 nitrogen and oxygen atoms in total. The van der Waals surface area contributed by atoms with Crippen LogP contribution >= 0.6 is 0 Å². The van der Waals surface area contributed by atoms with E-state index in [1.54, 1.807) is 13.8 Å². The number of hydrogen-bond acceptors (Lipinski definition) is 9. The van der Waals surface area contributed by atoms with E-state index in [0.29, 0.717) is 47.1 Å². The van der Waals surface area contributed by atoms with Gasteiger partial charge >= 0.3 is 0 Å². The lowest BCUT2D eigenvalue weighted by Gasteiger charge is -2.33. The van der Waals surface area contributed by atoms with Gasteiger partial charge in [-0.15, -0.1) is 0 Å². The third-order valence-corrected chi connectivity index (χ3v) is 12.9. The summed E-state index contributed by atoms with van der Waals surface area (Å²) in [6.07, 6.45) is 5.84. The average Bonchev–Trinajstić information content (AvgIpc) is 3.96. The molecule has 60 heavy (non-hydrogen) atoms. The zero-order valence-corrected chi connectivity index (χ0v) is 33.4. The van der Waals surface area contributed by atoms with E-state index in [2.05, 4.69) is 0 Å². The highest BCUT2D eigenvalue weighted by atomic mass is 16.2. The molecule has 0 radical (unpaired) electrons. The van der Waals surface area contributed by atoms with Gasteiger partial charge in [-0.3, -0.25) is 43.2 Å². The first-order chi connectivity index (χ1) is 28.7. The van der Waals surface area contributed by atoms with Crippen LogP contribution in [0.5, 0.6) is 0 Å². The zero-order chi connectivity index (χ0) is 42.5. The number of anilines is 4. The number of carbonyl (C=O) groups excluding carboxylic acids is 9. The van der Waals surface area contributed by atoms with Gasteiger partial charge in [0.25, 0.3) is 47.3 Å². The lowest BCUT2D eigenvalue weighted by atomic mass is 9.86. The Hall–Kier alpha value is -7.41. The van der Waals surface area contributed by atoms with Crippen molar-refractivity contribution in [2.24, 2.45) is 0 Å². The predicted molar refractivity (Wildman–Crippen MR) is 220 cm³/mol. The van der Waals surface area contributed by atoms with E-state index >= 15 is 14.4 Å². The number of carbonyl (C=O) groups is 9. The molecule has 0 N–H and O–H groups in total. The normalized spacial score (nSPS) is 16.8. The molecule has 0 saturated heterocycles. The molecule has 0 spiro atoms. The number of benzene rings is 4. The minimum atomic E-state index is -0.956. The van der Waals surface area contributed by atoms with Crippen molar-refractivity contribution >= 4 is 75.8 Å². The molecule has 0 unspecified atom stereocenters. The molecule has 1 aliphatic carbocycles. The van der Waals surface area contributed by atoms with Gasteiger partial charge in [0.05, 0.1) is 39.3 Å². The molecule has 6 aliphatic rings. The van der Waals surface area contributed by atoms with E-state index in [0.717, 1.165) is 55.0 Å². The molecule has 13 heteroatoms. The Bertz CT molecular complexity index is 3000. The van der Waals surface area contributed by atoms with Crippen LogP contribution in [0, 0.1) is 13.8 Å². The molecule has 296 valence electrons. The number of ketones is 1. The summed E-state index contributed by atoms with van der Waals surface area (Å²) in [7, 11) is 0. The summed E-state index contributed by atoms with van der Waals surface area (Å²) >= 11 is 0. The highest BCUT2D eigenvalue weighted by molar-refractivity contribution is 6.45. The summed E-state index contributed by atoms with van der Waals surface area (Å²) in [5.41, 5.74) is 3.93. The van der Waals surface area contributed by atoms with Gasteiger partial charge in [-0.25, -0.2) is 19.6 Å². The van der Waals surface area contributed by atoms with Crippen molar-refractivity contribution < 1.29 is 43.2 Å². The second-order valence-corrected chi connectivity index (χ2v) is 15.5. The summed E-state index contributed by atoms with van der Waals surface area (Å²) in [4.78, 5) is 134. The Morgan fingerprint density at radius 1 is 0.383 bits per heavy atom. The molecule has 4 aromatic carbocycles. The Kier molecular flexibility index (Phi) is 7.57. The van der Waals surface area contributed by atoms with Crippen molar-refractivity contribution in [3.8, 4) is 22.3 Å². The topological polar surface area (TPSA) is 167 Å². The lowest BCUT2D eigenvalue weighted by Crippen LogP contribution is -2.40. The van der Waals surface area contributed by atoms with Crippen LogP contribution in [0.2, 0.25) is 0 Å². The molecule has 0 saturated carbocycles. The maximum Gasteiger partial charge on any atom is 0.266 e. The monoisotopic (exact) mass is 798 g/mol. The fraction of sp³-hybridized carbons (Fsp3) is 0.213. The minimum Gasteiger partial charge on any atom is -0.289 e. The van der Waals surface area contributed by atoms with Gasteiger partial charge in [0, 0.05) is 46.6 Å². The van der Waals surface area contributed by atoms with Gasteiger partial charge < -0.3 is 0 Å². The van der Waals surface area contributed by atoms with Crippen molar-refractivity contribution in [3.63, 3.8) is 0 Å². The molecule has 0 fully saturated rings. The molecule has 8 amide bonds. The molecule has 10 rings (SSSR count). The fourth-order valence-electron chi connectivity index (χ4n) is 10.4. The van der Waals surface area contributed by atoms with Crippen LogP contribution in [-0.2, 0) is 44.9 Å². The highest BCUT2D eigenvalue weighted by Gasteiger charge is 2.52. The largest absolute Gasteiger partial charge is 0.289 e.